The third kappa shape index (κ3) is 5.93. The van der Waals surface area contributed by atoms with Gasteiger partial charge < -0.3 is 10.00 Å². The molecule has 3 N–H and O–H groups in total. The Labute approximate surface area is 149 Å². The molecule has 0 aliphatic heterocycles. The molecule has 0 aliphatic rings. The molecule has 1 amide bonds. The topological polar surface area (TPSA) is 125 Å². The number of carboxylic acids is 1. The number of carbonyl (C=O) groups is 2. The third-order valence-electron chi connectivity index (χ3n) is 3.20. The maximum Gasteiger partial charge on any atom is 0.430 e. The highest BCUT2D eigenvalue weighted by atomic mass is 31.2. The number of carbonyl (C=O) groups excluding carboxylic acids is 1. The van der Waals surface area contributed by atoms with Crippen LogP contribution >= 0.6 is 7.75 Å². The summed E-state index contributed by atoms with van der Waals surface area (Å²) in [6.45, 7) is 1.02. The van der Waals surface area contributed by atoms with Crippen LogP contribution in [0.3, 0.4) is 0 Å². The molecule has 9 heteroatoms. The summed E-state index contributed by atoms with van der Waals surface area (Å²) in [5.74, 6) is -2.31. The first kappa shape index (κ1) is 19.5. The van der Waals surface area contributed by atoms with Crippen LogP contribution in [-0.2, 0) is 13.9 Å². The molecular formula is C17H17N2O6P. The number of amides is 1. The number of aryl methyl sites for hydroxylation is 1. The number of aliphatic carboxylic acids is 1. The predicted octanol–water partition coefficient (Wildman–Crippen LogP) is 2.89. The second kappa shape index (κ2) is 8.53. The summed E-state index contributed by atoms with van der Waals surface area (Å²) in [6.07, 6.45) is 0. The van der Waals surface area contributed by atoms with E-state index >= 15 is 0 Å². The largest absolute Gasteiger partial charge is 0.477 e. The molecule has 136 valence electrons. The van der Waals surface area contributed by atoms with Crippen LogP contribution in [0.15, 0.2) is 59.6 Å². The highest BCUT2D eigenvalue weighted by molar-refractivity contribution is 7.54. The zero-order chi connectivity index (χ0) is 19.2. The van der Waals surface area contributed by atoms with E-state index in [1.807, 2.05) is 6.92 Å². The van der Waals surface area contributed by atoms with Crippen LogP contribution in [-0.4, -0.2) is 34.2 Å². The fourth-order valence-electron chi connectivity index (χ4n) is 1.88. The number of benzene rings is 2. The molecular weight excluding hydrogens is 359 g/mol. The smallest absolute Gasteiger partial charge is 0.430 e. The van der Waals surface area contributed by atoms with Crippen molar-refractivity contribution < 1.29 is 28.7 Å². The van der Waals surface area contributed by atoms with Crippen molar-refractivity contribution in [2.45, 2.75) is 6.92 Å². The minimum Gasteiger partial charge on any atom is -0.477 e. The first-order valence-corrected chi connectivity index (χ1v) is 9.07. The Kier molecular flexibility index (Phi) is 6.41. The molecule has 1 unspecified atom stereocenters. The van der Waals surface area contributed by atoms with Gasteiger partial charge in [-0.05, 0) is 31.2 Å². The van der Waals surface area contributed by atoms with Gasteiger partial charge in [-0.3, -0.25) is 14.4 Å². The van der Waals surface area contributed by atoms with Gasteiger partial charge in [0.2, 0.25) is 0 Å². The summed E-state index contributed by atoms with van der Waals surface area (Å²) >= 11 is 0. The van der Waals surface area contributed by atoms with Crippen molar-refractivity contribution >= 4 is 31.0 Å². The number of hydrogen-bond donors (Lipinski definition) is 3. The Morgan fingerprint density at radius 2 is 1.73 bits per heavy atom. The molecule has 2 aromatic rings. The third-order valence-corrected chi connectivity index (χ3v) is 4.22. The van der Waals surface area contributed by atoms with E-state index < -0.39 is 31.9 Å². The first-order chi connectivity index (χ1) is 12.3. The molecule has 0 radical (unpaired) electrons. The maximum absolute atomic E-state index is 12.0. The zero-order valence-corrected chi connectivity index (χ0v) is 14.7. The van der Waals surface area contributed by atoms with Crippen molar-refractivity contribution in [3.63, 3.8) is 0 Å². The maximum atomic E-state index is 12.0. The number of nitrogens with one attached hydrogen (secondary N) is 1. The minimum absolute atomic E-state index is 0.198. The molecule has 1 atom stereocenters. The van der Waals surface area contributed by atoms with Crippen molar-refractivity contribution in [1.82, 2.24) is 0 Å². The Morgan fingerprint density at radius 1 is 1.12 bits per heavy atom. The van der Waals surface area contributed by atoms with Gasteiger partial charge in [0.25, 0.3) is 5.91 Å². The number of anilines is 1. The minimum atomic E-state index is -4.34. The monoisotopic (exact) mass is 376 g/mol. The molecule has 0 bridgehead atoms. The lowest BCUT2D eigenvalue weighted by atomic mass is 10.1. The van der Waals surface area contributed by atoms with E-state index in [1.165, 1.54) is 12.1 Å². The number of carboxylic acid groups (broad SMARTS) is 1. The average Bonchev–Trinajstić information content (AvgIpc) is 2.59. The predicted molar refractivity (Wildman–Crippen MR) is 96.4 cm³/mol. The van der Waals surface area contributed by atoms with Gasteiger partial charge in [0.15, 0.2) is 5.71 Å². The summed E-state index contributed by atoms with van der Waals surface area (Å²) in [5, 5.41) is 11.4. The second-order valence-corrected chi connectivity index (χ2v) is 6.83. The Morgan fingerprint density at radius 3 is 2.31 bits per heavy atom. The van der Waals surface area contributed by atoms with E-state index in [9.17, 15) is 19.0 Å². The molecule has 0 heterocycles. The number of aliphatic imine (C=N–C) groups is 1. The zero-order valence-electron chi connectivity index (χ0n) is 13.8. The van der Waals surface area contributed by atoms with Gasteiger partial charge in [0.05, 0.1) is 0 Å². The van der Waals surface area contributed by atoms with Gasteiger partial charge in [-0.2, -0.15) is 0 Å². The lowest BCUT2D eigenvalue weighted by molar-refractivity contribution is -0.129. The SMILES string of the molecule is Cc1ccc(C(=O)/N=C(/COP(=O)(O)Nc2ccccc2)C(=O)O)cc1. The van der Waals surface area contributed by atoms with Crippen LogP contribution in [0.5, 0.6) is 0 Å². The van der Waals surface area contributed by atoms with Crippen molar-refractivity contribution in [1.29, 1.82) is 0 Å². The van der Waals surface area contributed by atoms with Crippen LogP contribution in [0, 0.1) is 6.92 Å². The van der Waals surface area contributed by atoms with Crippen LogP contribution in [0.25, 0.3) is 0 Å². The fourth-order valence-corrected chi connectivity index (χ4v) is 2.72. The molecule has 0 saturated heterocycles. The van der Waals surface area contributed by atoms with Crippen molar-refractivity contribution in [2.75, 3.05) is 11.7 Å². The molecule has 0 saturated carbocycles. The Balaban J connectivity index is 2.07. The molecule has 2 rings (SSSR count). The average molecular weight is 376 g/mol. The van der Waals surface area contributed by atoms with E-state index in [4.69, 9.17) is 9.63 Å². The summed E-state index contributed by atoms with van der Waals surface area (Å²) in [6, 6.07) is 14.5. The second-order valence-electron chi connectivity index (χ2n) is 5.31. The van der Waals surface area contributed by atoms with Crippen molar-refractivity contribution in [3.05, 3.63) is 65.7 Å². The van der Waals surface area contributed by atoms with Crippen LogP contribution in [0.2, 0.25) is 0 Å². The number of nitrogens with zero attached hydrogens (tertiary/aromatic N) is 1. The fraction of sp³-hybridized carbons (Fsp3) is 0.118. The summed E-state index contributed by atoms with van der Waals surface area (Å²) in [5.41, 5.74) is 0.770. The quantitative estimate of drug-likeness (QED) is 0.501. The molecule has 26 heavy (non-hydrogen) atoms. The van der Waals surface area contributed by atoms with Gasteiger partial charge in [0.1, 0.15) is 6.61 Å². The van der Waals surface area contributed by atoms with Gasteiger partial charge in [0, 0.05) is 11.3 Å². The lowest BCUT2D eigenvalue weighted by Crippen LogP contribution is -2.21. The first-order valence-electron chi connectivity index (χ1n) is 7.49. The number of hydrogen-bond acceptors (Lipinski definition) is 4. The standard InChI is InChI=1S/C17H17N2O6P/c1-12-7-9-13(10-8-12)16(20)18-15(17(21)22)11-25-26(23,24)19-14-5-3-2-4-6-14/h2-10H,11H2,1H3,(H,21,22)(H2,19,23,24)/b18-15-. The summed E-state index contributed by atoms with van der Waals surface area (Å²) in [4.78, 5) is 36.5. The molecule has 0 spiro atoms. The number of para-hydroxylation sites is 1. The Bertz CT molecular complexity index is 865. The van der Waals surface area contributed by atoms with Crippen LogP contribution < -0.4 is 5.09 Å². The van der Waals surface area contributed by atoms with Gasteiger partial charge in [-0.15, -0.1) is 0 Å². The number of rotatable bonds is 7. The van der Waals surface area contributed by atoms with E-state index in [-0.39, 0.29) is 5.56 Å². The van der Waals surface area contributed by atoms with Crippen molar-refractivity contribution in [2.24, 2.45) is 4.99 Å². The van der Waals surface area contributed by atoms with E-state index in [0.29, 0.717) is 5.69 Å². The van der Waals surface area contributed by atoms with E-state index in [0.717, 1.165) is 5.56 Å². The Hall–Kier alpha value is -2.80. The summed E-state index contributed by atoms with van der Waals surface area (Å²) in [7, 11) is -4.34. The van der Waals surface area contributed by atoms with Gasteiger partial charge in [-0.1, -0.05) is 35.9 Å². The van der Waals surface area contributed by atoms with Crippen LogP contribution in [0.1, 0.15) is 15.9 Å². The normalized spacial score (nSPS) is 13.7. The van der Waals surface area contributed by atoms with Gasteiger partial charge in [-0.25, -0.2) is 14.4 Å². The van der Waals surface area contributed by atoms with E-state index in [1.54, 1.807) is 42.5 Å². The van der Waals surface area contributed by atoms with Gasteiger partial charge >= 0.3 is 13.7 Å². The van der Waals surface area contributed by atoms with E-state index in [2.05, 4.69) is 10.1 Å². The highest BCUT2D eigenvalue weighted by Crippen LogP contribution is 2.41. The molecule has 8 nitrogen and oxygen atoms in total. The molecule has 0 aliphatic carbocycles. The molecule has 0 fully saturated rings. The molecule has 0 aromatic heterocycles. The van der Waals surface area contributed by atoms with Crippen molar-refractivity contribution in [3.8, 4) is 0 Å². The summed E-state index contributed by atoms with van der Waals surface area (Å²) < 4.78 is 16.7. The van der Waals surface area contributed by atoms with Crippen LogP contribution in [0.4, 0.5) is 5.69 Å². The lowest BCUT2D eigenvalue weighted by Gasteiger charge is -2.14. The highest BCUT2D eigenvalue weighted by Gasteiger charge is 2.23. The molecule has 2 aromatic carbocycles.